The standard InChI is InChI=1S/C14H16ClFO/c15-11-6-8(4-5-12(11)16)7-13(17)14-9-2-1-3-10(9)14/h4-6,9-10,13-14,17H,1-3,7H2. The lowest BCUT2D eigenvalue weighted by Crippen LogP contribution is -2.16. The molecule has 17 heavy (non-hydrogen) atoms. The van der Waals surface area contributed by atoms with Gasteiger partial charge in [-0.3, -0.25) is 0 Å². The highest BCUT2D eigenvalue weighted by Crippen LogP contribution is 2.59. The fraction of sp³-hybridized carbons (Fsp3) is 0.571. The van der Waals surface area contributed by atoms with Crippen LogP contribution >= 0.6 is 11.6 Å². The first-order valence-corrected chi connectivity index (χ1v) is 6.66. The summed E-state index contributed by atoms with van der Waals surface area (Å²) in [5.74, 6) is 1.59. The molecule has 0 aromatic heterocycles. The molecule has 2 aliphatic rings. The van der Waals surface area contributed by atoms with Gasteiger partial charge in [-0.2, -0.15) is 0 Å². The molecule has 3 heteroatoms. The maximum absolute atomic E-state index is 13.0. The lowest BCUT2D eigenvalue weighted by atomic mass is 10.00. The third-order valence-corrected chi connectivity index (χ3v) is 4.64. The second-order valence-electron chi connectivity index (χ2n) is 5.36. The number of fused-ring (bicyclic) bond motifs is 1. The number of aliphatic hydroxyl groups is 1. The van der Waals surface area contributed by atoms with Crippen molar-refractivity contribution in [2.75, 3.05) is 0 Å². The molecule has 0 saturated heterocycles. The summed E-state index contributed by atoms with van der Waals surface area (Å²) >= 11 is 5.73. The number of aliphatic hydroxyl groups excluding tert-OH is 1. The predicted octanol–water partition coefficient (Wildman–Crippen LogP) is 3.43. The molecule has 0 radical (unpaired) electrons. The Morgan fingerprint density at radius 1 is 1.35 bits per heavy atom. The predicted molar refractivity (Wildman–Crippen MR) is 65.4 cm³/mol. The fourth-order valence-electron chi connectivity index (χ4n) is 3.49. The van der Waals surface area contributed by atoms with Crippen LogP contribution in [0, 0.1) is 23.6 Å². The quantitative estimate of drug-likeness (QED) is 0.876. The van der Waals surface area contributed by atoms with Crippen LogP contribution in [0.15, 0.2) is 18.2 Å². The molecule has 3 rings (SSSR count). The van der Waals surface area contributed by atoms with Gasteiger partial charge in [0.05, 0.1) is 11.1 Å². The van der Waals surface area contributed by atoms with E-state index in [1.165, 1.54) is 25.3 Å². The summed E-state index contributed by atoms with van der Waals surface area (Å²) in [4.78, 5) is 0. The SMILES string of the molecule is OC(Cc1ccc(F)c(Cl)c1)C1C2CCCC21. The third kappa shape index (κ3) is 2.09. The van der Waals surface area contributed by atoms with Crippen LogP contribution < -0.4 is 0 Å². The molecule has 3 atom stereocenters. The van der Waals surface area contributed by atoms with Crippen molar-refractivity contribution in [1.29, 1.82) is 0 Å². The summed E-state index contributed by atoms with van der Waals surface area (Å²) in [6, 6.07) is 4.71. The second-order valence-corrected chi connectivity index (χ2v) is 5.76. The summed E-state index contributed by atoms with van der Waals surface area (Å²) in [7, 11) is 0. The Kier molecular flexibility index (Phi) is 2.87. The van der Waals surface area contributed by atoms with Gasteiger partial charge >= 0.3 is 0 Å². The molecule has 1 aromatic rings. The van der Waals surface area contributed by atoms with Crippen molar-refractivity contribution < 1.29 is 9.50 Å². The average Bonchev–Trinajstić information content (AvgIpc) is 2.78. The van der Waals surface area contributed by atoms with E-state index < -0.39 is 5.82 Å². The lowest BCUT2D eigenvalue weighted by Gasteiger charge is -2.12. The number of benzene rings is 1. The number of halogens is 2. The van der Waals surface area contributed by atoms with Gasteiger partial charge < -0.3 is 5.11 Å². The minimum absolute atomic E-state index is 0.144. The first-order valence-electron chi connectivity index (χ1n) is 6.29. The molecule has 0 spiro atoms. The topological polar surface area (TPSA) is 20.2 Å². The first-order chi connectivity index (χ1) is 8.16. The molecule has 0 aliphatic heterocycles. The van der Waals surface area contributed by atoms with Gasteiger partial charge in [-0.25, -0.2) is 4.39 Å². The van der Waals surface area contributed by atoms with E-state index in [4.69, 9.17) is 11.6 Å². The Balaban J connectivity index is 1.64. The van der Waals surface area contributed by atoms with Crippen LogP contribution in [-0.4, -0.2) is 11.2 Å². The fourth-order valence-corrected chi connectivity index (χ4v) is 3.69. The molecule has 2 fully saturated rings. The Morgan fingerprint density at radius 2 is 2.06 bits per heavy atom. The third-order valence-electron chi connectivity index (χ3n) is 4.35. The molecule has 0 heterocycles. The van der Waals surface area contributed by atoms with Crippen LogP contribution in [-0.2, 0) is 6.42 Å². The van der Waals surface area contributed by atoms with Gasteiger partial charge in [-0.1, -0.05) is 24.1 Å². The summed E-state index contributed by atoms with van der Waals surface area (Å²) in [6.45, 7) is 0. The molecule has 0 bridgehead atoms. The van der Waals surface area contributed by atoms with Crippen LogP contribution in [0.3, 0.4) is 0 Å². The molecular formula is C14H16ClFO. The van der Waals surface area contributed by atoms with E-state index in [2.05, 4.69) is 0 Å². The minimum atomic E-state index is -0.395. The van der Waals surface area contributed by atoms with Gasteiger partial charge in [0.15, 0.2) is 0 Å². The van der Waals surface area contributed by atoms with E-state index in [-0.39, 0.29) is 11.1 Å². The highest BCUT2D eigenvalue weighted by molar-refractivity contribution is 6.30. The highest BCUT2D eigenvalue weighted by atomic mass is 35.5. The van der Waals surface area contributed by atoms with Crippen LogP contribution in [0.4, 0.5) is 4.39 Å². The van der Waals surface area contributed by atoms with E-state index in [1.54, 1.807) is 12.1 Å². The smallest absolute Gasteiger partial charge is 0.141 e. The Hall–Kier alpha value is -0.600. The van der Waals surface area contributed by atoms with E-state index in [9.17, 15) is 9.50 Å². The number of rotatable bonds is 3. The van der Waals surface area contributed by atoms with Crippen LogP contribution in [0.25, 0.3) is 0 Å². The normalized spacial score (nSPS) is 32.3. The minimum Gasteiger partial charge on any atom is -0.392 e. The van der Waals surface area contributed by atoms with E-state index in [0.29, 0.717) is 12.3 Å². The van der Waals surface area contributed by atoms with Gasteiger partial charge in [0.2, 0.25) is 0 Å². The van der Waals surface area contributed by atoms with Crippen molar-refractivity contribution in [1.82, 2.24) is 0 Å². The van der Waals surface area contributed by atoms with E-state index >= 15 is 0 Å². The summed E-state index contributed by atoms with van der Waals surface area (Å²) in [5.41, 5.74) is 0.925. The van der Waals surface area contributed by atoms with Crippen molar-refractivity contribution >= 4 is 11.6 Å². The molecular weight excluding hydrogens is 239 g/mol. The zero-order valence-electron chi connectivity index (χ0n) is 9.57. The highest BCUT2D eigenvalue weighted by Gasteiger charge is 2.55. The maximum atomic E-state index is 13.0. The maximum Gasteiger partial charge on any atom is 0.141 e. The molecule has 2 saturated carbocycles. The van der Waals surface area contributed by atoms with Crippen LogP contribution in [0.2, 0.25) is 5.02 Å². The second kappa shape index (κ2) is 4.25. The van der Waals surface area contributed by atoms with Gasteiger partial charge in [0.25, 0.3) is 0 Å². The first kappa shape index (κ1) is 11.5. The van der Waals surface area contributed by atoms with E-state index in [0.717, 1.165) is 17.4 Å². The van der Waals surface area contributed by atoms with Crippen LogP contribution in [0.5, 0.6) is 0 Å². The molecule has 3 unspecified atom stereocenters. The zero-order chi connectivity index (χ0) is 12.0. The Labute approximate surface area is 106 Å². The van der Waals surface area contributed by atoms with E-state index in [1.807, 2.05) is 0 Å². The molecule has 1 N–H and O–H groups in total. The lowest BCUT2D eigenvalue weighted by molar-refractivity contribution is 0.135. The van der Waals surface area contributed by atoms with Gasteiger partial charge in [-0.15, -0.1) is 0 Å². The Morgan fingerprint density at radius 3 is 2.71 bits per heavy atom. The number of hydrogen-bond acceptors (Lipinski definition) is 1. The summed E-state index contributed by atoms with van der Waals surface area (Å²) < 4.78 is 13.0. The van der Waals surface area contributed by atoms with Gasteiger partial charge in [-0.05, 0) is 54.7 Å². The molecule has 1 nitrogen and oxygen atoms in total. The summed E-state index contributed by atoms with van der Waals surface area (Å²) in [5, 5.41) is 10.3. The van der Waals surface area contributed by atoms with Crippen molar-refractivity contribution in [3.63, 3.8) is 0 Å². The van der Waals surface area contributed by atoms with Gasteiger partial charge in [0, 0.05) is 0 Å². The van der Waals surface area contributed by atoms with Crippen molar-refractivity contribution in [3.8, 4) is 0 Å². The van der Waals surface area contributed by atoms with Crippen molar-refractivity contribution in [3.05, 3.63) is 34.6 Å². The van der Waals surface area contributed by atoms with Crippen molar-refractivity contribution in [2.24, 2.45) is 17.8 Å². The Bertz CT molecular complexity index is 424. The molecule has 2 aliphatic carbocycles. The van der Waals surface area contributed by atoms with Crippen LogP contribution in [0.1, 0.15) is 24.8 Å². The monoisotopic (exact) mass is 254 g/mol. The number of hydrogen-bond donors (Lipinski definition) is 1. The van der Waals surface area contributed by atoms with Gasteiger partial charge in [0.1, 0.15) is 5.82 Å². The molecule has 1 aromatic carbocycles. The average molecular weight is 255 g/mol. The molecule has 92 valence electrons. The zero-order valence-corrected chi connectivity index (χ0v) is 10.3. The molecule has 0 amide bonds. The van der Waals surface area contributed by atoms with Crippen molar-refractivity contribution in [2.45, 2.75) is 31.8 Å². The largest absolute Gasteiger partial charge is 0.392 e. The summed E-state index contributed by atoms with van der Waals surface area (Å²) in [6.07, 6.45) is 4.18.